The molecule has 1 aliphatic rings. The summed E-state index contributed by atoms with van der Waals surface area (Å²) in [5.41, 5.74) is 0.811. The van der Waals surface area contributed by atoms with E-state index in [1.165, 1.54) is 0 Å². The fraction of sp³-hybridized carbons (Fsp3) is 0.500. The first-order chi connectivity index (χ1) is 8.24. The maximum atomic E-state index is 11.8. The van der Waals surface area contributed by atoms with Crippen molar-refractivity contribution in [3.63, 3.8) is 0 Å². The summed E-state index contributed by atoms with van der Waals surface area (Å²) in [6.07, 6.45) is 2.19. The van der Waals surface area contributed by atoms with Crippen molar-refractivity contribution in [1.82, 2.24) is 4.98 Å². The van der Waals surface area contributed by atoms with Gasteiger partial charge in [-0.15, -0.1) is 11.6 Å². The minimum Gasteiger partial charge on any atom is -0.478 e. The molecule has 1 unspecified atom stereocenters. The van der Waals surface area contributed by atoms with Crippen molar-refractivity contribution in [2.75, 3.05) is 23.9 Å². The minimum absolute atomic E-state index is 0.113. The first-order valence-electron chi connectivity index (χ1n) is 5.69. The molecule has 0 aromatic carbocycles. The van der Waals surface area contributed by atoms with E-state index < -0.39 is 0 Å². The van der Waals surface area contributed by atoms with Gasteiger partial charge in [-0.1, -0.05) is 0 Å². The van der Waals surface area contributed by atoms with E-state index in [2.05, 4.69) is 4.98 Å². The van der Waals surface area contributed by atoms with Gasteiger partial charge in [0, 0.05) is 24.9 Å². The highest BCUT2D eigenvalue weighted by Gasteiger charge is 2.29. The van der Waals surface area contributed by atoms with Crippen LogP contribution in [0.1, 0.15) is 13.3 Å². The van der Waals surface area contributed by atoms with E-state index in [-0.39, 0.29) is 11.8 Å². The Balaban J connectivity index is 2.09. The summed E-state index contributed by atoms with van der Waals surface area (Å²) in [4.78, 5) is 17.6. The first-order valence-corrected chi connectivity index (χ1v) is 6.23. The van der Waals surface area contributed by atoms with Crippen LogP contribution in [0.25, 0.3) is 0 Å². The Morgan fingerprint density at radius 3 is 2.94 bits per heavy atom. The average molecular weight is 255 g/mol. The van der Waals surface area contributed by atoms with Gasteiger partial charge in [0.1, 0.15) is 0 Å². The number of carbonyl (C=O) groups excluding carboxylic acids is 1. The molecule has 2 heterocycles. The Labute approximate surface area is 106 Å². The fourth-order valence-electron chi connectivity index (χ4n) is 1.90. The molecule has 1 atom stereocenters. The number of halogens is 1. The van der Waals surface area contributed by atoms with Crippen LogP contribution in [0.4, 0.5) is 5.69 Å². The number of hydrogen-bond acceptors (Lipinski definition) is 3. The summed E-state index contributed by atoms with van der Waals surface area (Å²) in [7, 11) is 0. The van der Waals surface area contributed by atoms with Gasteiger partial charge >= 0.3 is 0 Å². The molecular weight excluding hydrogens is 240 g/mol. The van der Waals surface area contributed by atoms with Gasteiger partial charge in [0.2, 0.25) is 11.8 Å². The molecule has 4 nitrogen and oxygen atoms in total. The molecule has 0 N–H and O–H groups in total. The lowest BCUT2D eigenvalue weighted by atomic mass is 10.1. The first kappa shape index (κ1) is 12.2. The number of hydrogen-bond donors (Lipinski definition) is 0. The van der Waals surface area contributed by atoms with E-state index >= 15 is 0 Å². The van der Waals surface area contributed by atoms with Crippen molar-refractivity contribution in [3.8, 4) is 5.88 Å². The number of ether oxygens (including phenoxy) is 1. The minimum atomic E-state index is 0.113. The van der Waals surface area contributed by atoms with Gasteiger partial charge in [0.15, 0.2) is 0 Å². The van der Waals surface area contributed by atoms with E-state index in [1.54, 1.807) is 17.2 Å². The molecule has 1 aromatic rings. The van der Waals surface area contributed by atoms with E-state index in [1.807, 2.05) is 13.0 Å². The molecular formula is C12H15ClN2O2. The summed E-state index contributed by atoms with van der Waals surface area (Å²) >= 11 is 5.78. The van der Waals surface area contributed by atoms with Crippen LogP contribution in [-0.2, 0) is 4.79 Å². The lowest BCUT2D eigenvalue weighted by Crippen LogP contribution is -2.24. The van der Waals surface area contributed by atoms with Crippen LogP contribution in [0.3, 0.4) is 0 Å². The highest BCUT2D eigenvalue weighted by molar-refractivity contribution is 6.18. The third-order valence-electron chi connectivity index (χ3n) is 2.75. The lowest BCUT2D eigenvalue weighted by Gasteiger charge is -2.16. The quantitative estimate of drug-likeness (QED) is 0.773. The molecule has 0 spiro atoms. The summed E-state index contributed by atoms with van der Waals surface area (Å²) in [5.74, 6) is 1.46. The lowest BCUT2D eigenvalue weighted by molar-refractivity contribution is -0.117. The summed E-state index contributed by atoms with van der Waals surface area (Å²) in [6, 6.07) is 3.63. The van der Waals surface area contributed by atoms with Crippen molar-refractivity contribution in [1.29, 1.82) is 0 Å². The predicted octanol–water partition coefficient (Wildman–Crippen LogP) is 2.07. The van der Waals surface area contributed by atoms with Crippen LogP contribution < -0.4 is 9.64 Å². The van der Waals surface area contributed by atoms with Gasteiger partial charge in [-0.05, 0) is 18.9 Å². The van der Waals surface area contributed by atoms with Crippen LogP contribution in [0.2, 0.25) is 0 Å². The zero-order valence-corrected chi connectivity index (χ0v) is 10.5. The second kappa shape index (κ2) is 5.36. The zero-order valence-electron chi connectivity index (χ0n) is 9.73. The molecule has 0 bridgehead atoms. The molecule has 1 fully saturated rings. The summed E-state index contributed by atoms with van der Waals surface area (Å²) < 4.78 is 5.26. The third kappa shape index (κ3) is 2.69. The molecule has 1 aliphatic heterocycles. The van der Waals surface area contributed by atoms with Gasteiger partial charge < -0.3 is 9.64 Å². The molecule has 1 saturated heterocycles. The molecule has 17 heavy (non-hydrogen) atoms. The largest absolute Gasteiger partial charge is 0.478 e. The Kier molecular flexibility index (Phi) is 3.84. The molecule has 92 valence electrons. The zero-order chi connectivity index (χ0) is 12.3. The number of nitrogens with zero attached hydrogens (tertiary/aromatic N) is 2. The van der Waals surface area contributed by atoms with Crippen LogP contribution in [0.5, 0.6) is 5.88 Å². The highest BCUT2D eigenvalue weighted by Crippen LogP contribution is 2.26. The smallest absolute Gasteiger partial charge is 0.227 e. The van der Waals surface area contributed by atoms with Crippen molar-refractivity contribution in [3.05, 3.63) is 18.3 Å². The van der Waals surface area contributed by atoms with Gasteiger partial charge in [-0.3, -0.25) is 4.79 Å². The Morgan fingerprint density at radius 1 is 1.59 bits per heavy atom. The van der Waals surface area contributed by atoms with Crippen LogP contribution in [0, 0.1) is 5.92 Å². The Bertz CT molecular complexity index is 394. The second-order valence-electron chi connectivity index (χ2n) is 4.02. The molecule has 0 aliphatic carbocycles. The highest BCUT2D eigenvalue weighted by atomic mass is 35.5. The predicted molar refractivity (Wildman–Crippen MR) is 66.6 cm³/mol. The van der Waals surface area contributed by atoms with E-state index in [9.17, 15) is 4.79 Å². The summed E-state index contributed by atoms with van der Waals surface area (Å²) in [5, 5.41) is 0. The molecule has 0 saturated carbocycles. The number of rotatable bonds is 4. The summed E-state index contributed by atoms with van der Waals surface area (Å²) in [6.45, 7) is 3.17. The van der Waals surface area contributed by atoms with Gasteiger partial charge in [0.05, 0.1) is 18.5 Å². The maximum absolute atomic E-state index is 11.8. The monoisotopic (exact) mass is 254 g/mol. The van der Waals surface area contributed by atoms with Crippen molar-refractivity contribution < 1.29 is 9.53 Å². The van der Waals surface area contributed by atoms with Gasteiger partial charge in [-0.25, -0.2) is 4.98 Å². The average Bonchev–Trinajstić information content (AvgIpc) is 2.72. The van der Waals surface area contributed by atoms with Crippen LogP contribution in [-0.4, -0.2) is 29.9 Å². The maximum Gasteiger partial charge on any atom is 0.227 e. The number of pyridine rings is 1. The number of alkyl halides is 1. The molecule has 1 aromatic heterocycles. The third-order valence-corrected chi connectivity index (χ3v) is 3.18. The van der Waals surface area contributed by atoms with Crippen LogP contribution >= 0.6 is 11.6 Å². The van der Waals surface area contributed by atoms with E-state index in [0.29, 0.717) is 31.3 Å². The van der Waals surface area contributed by atoms with Gasteiger partial charge in [-0.2, -0.15) is 0 Å². The van der Waals surface area contributed by atoms with Gasteiger partial charge in [0.25, 0.3) is 0 Å². The number of anilines is 1. The number of amides is 1. The van der Waals surface area contributed by atoms with Crippen LogP contribution in [0.15, 0.2) is 18.3 Å². The molecule has 1 amide bonds. The normalized spacial score (nSPS) is 19.8. The number of carbonyl (C=O) groups is 1. The van der Waals surface area contributed by atoms with E-state index in [4.69, 9.17) is 16.3 Å². The van der Waals surface area contributed by atoms with Crippen molar-refractivity contribution in [2.24, 2.45) is 5.92 Å². The molecule has 5 heteroatoms. The second-order valence-corrected chi connectivity index (χ2v) is 4.33. The van der Waals surface area contributed by atoms with Crippen molar-refractivity contribution in [2.45, 2.75) is 13.3 Å². The Morgan fingerprint density at radius 2 is 2.41 bits per heavy atom. The van der Waals surface area contributed by atoms with E-state index in [0.717, 1.165) is 5.69 Å². The number of aromatic nitrogens is 1. The topological polar surface area (TPSA) is 42.4 Å². The standard InChI is InChI=1S/C12H15ClN2O2/c1-2-17-11-4-3-10(7-14-11)15-8-9(6-13)5-12(15)16/h3-4,7,9H,2,5-6,8H2,1H3. The van der Waals surface area contributed by atoms with Crippen molar-refractivity contribution >= 4 is 23.2 Å². The molecule has 2 rings (SSSR count). The SMILES string of the molecule is CCOc1ccc(N2CC(CCl)CC2=O)cn1. The Hall–Kier alpha value is -1.29. The fourth-order valence-corrected chi connectivity index (χ4v) is 2.11. The molecule has 0 radical (unpaired) electrons.